The van der Waals surface area contributed by atoms with Gasteiger partial charge in [-0.15, -0.1) is 0 Å². The molecule has 3 rings (SSSR count). The van der Waals surface area contributed by atoms with Gasteiger partial charge in [0.15, 0.2) is 0 Å². The molecule has 1 saturated carbocycles. The second-order valence-electron chi connectivity index (χ2n) is 7.10. The van der Waals surface area contributed by atoms with E-state index in [1.807, 2.05) is 12.1 Å². The molecular weight excluding hydrogens is 356 g/mol. The molecule has 0 spiro atoms. The summed E-state index contributed by atoms with van der Waals surface area (Å²) in [6.45, 7) is 3.33. The molecule has 2 aromatic carbocycles. The summed E-state index contributed by atoms with van der Waals surface area (Å²) < 4.78 is 54.2. The van der Waals surface area contributed by atoms with Crippen molar-refractivity contribution >= 4 is 10.0 Å². The molecule has 0 aromatic heterocycles. The SMILES string of the molecule is CC(C)S(=O)(=O)N[C@@H]1CCC[C@@H]1c1ccc(-c2ccc(F)cc2F)cc1. The van der Waals surface area contributed by atoms with E-state index in [-0.39, 0.29) is 12.0 Å². The summed E-state index contributed by atoms with van der Waals surface area (Å²) in [6, 6.07) is 10.8. The maximum atomic E-state index is 13.9. The molecule has 6 heteroatoms. The smallest absolute Gasteiger partial charge is 0.212 e. The Morgan fingerprint density at radius 1 is 1.04 bits per heavy atom. The molecule has 0 aliphatic heterocycles. The summed E-state index contributed by atoms with van der Waals surface area (Å²) in [5.41, 5.74) is 2.05. The fourth-order valence-corrected chi connectivity index (χ4v) is 4.46. The van der Waals surface area contributed by atoms with Crippen molar-refractivity contribution in [1.82, 2.24) is 4.72 Å². The van der Waals surface area contributed by atoms with Gasteiger partial charge in [0.25, 0.3) is 0 Å². The monoisotopic (exact) mass is 379 g/mol. The lowest BCUT2D eigenvalue weighted by Crippen LogP contribution is -2.40. The minimum atomic E-state index is -3.32. The molecule has 0 heterocycles. The van der Waals surface area contributed by atoms with Crippen LogP contribution in [0.2, 0.25) is 0 Å². The quantitative estimate of drug-likeness (QED) is 0.826. The van der Waals surface area contributed by atoms with E-state index in [0.29, 0.717) is 11.1 Å². The zero-order valence-electron chi connectivity index (χ0n) is 14.9. The topological polar surface area (TPSA) is 46.2 Å². The zero-order valence-corrected chi connectivity index (χ0v) is 15.7. The van der Waals surface area contributed by atoms with Gasteiger partial charge in [0, 0.05) is 23.6 Å². The first kappa shape index (κ1) is 19.0. The zero-order chi connectivity index (χ0) is 18.9. The highest BCUT2D eigenvalue weighted by molar-refractivity contribution is 7.90. The van der Waals surface area contributed by atoms with Crippen LogP contribution in [0, 0.1) is 11.6 Å². The van der Waals surface area contributed by atoms with Crippen LogP contribution in [0.4, 0.5) is 8.78 Å². The highest BCUT2D eigenvalue weighted by Gasteiger charge is 2.32. The predicted octanol–water partition coefficient (Wildman–Crippen LogP) is 4.60. The number of hydrogen-bond donors (Lipinski definition) is 1. The van der Waals surface area contributed by atoms with Crippen LogP contribution in [-0.4, -0.2) is 19.7 Å². The summed E-state index contributed by atoms with van der Waals surface area (Å²) in [4.78, 5) is 0. The minimum absolute atomic E-state index is 0.107. The maximum Gasteiger partial charge on any atom is 0.214 e. The van der Waals surface area contributed by atoms with Crippen LogP contribution >= 0.6 is 0 Å². The predicted molar refractivity (Wildman–Crippen MR) is 99.4 cm³/mol. The third-order valence-corrected chi connectivity index (χ3v) is 6.91. The van der Waals surface area contributed by atoms with E-state index in [4.69, 9.17) is 0 Å². The Morgan fingerprint density at radius 3 is 2.35 bits per heavy atom. The molecule has 0 bridgehead atoms. The number of benzene rings is 2. The average molecular weight is 379 g/mol. The molecular formula is C20H23F2NO2S. The van der Waals surface area contributed by atoms with E-state index in [1.165, 1.54) is 12.1 Å². The summed E-state index contributed by atoms with van der Waals surface area (Å²) >= 11 is 0. The van der Waals surface area contributed by atoms with Gasteiger partial charge < -0.3 is 0 Å². The highest BCUT2D eigenvalue weighted by Crippen LogP contribution is 2.36. The van der Waals surface area contributed by atoms with Crippen LogP contribution in [0.25, 0.3) is 11.1 Å². The molecule has 26 heavy (non-hydrogen) atoms. The van der Waals surface area contributed by atoms with E-state index in [0.717, 1.165) is 30.9 Å². The third kappa shape index (κ3) is 3.96. The summed E-state index contributed by atoms with van der Waals surface area (Å²) in [5, 5.41) is -0.465. The maximum absolute atomic E-state index is 13.9. The summed E-state index contributed by atoms with van der Waals surface area (Å²) in [5.74, 6) is -1.09. The summed E-state index contributed by atoms with van der Waals surface area (Å²) in [6.07, 6.45) is 2.69. The first-order valence-corrected chi connectivity index (χ1v) is 10.4. The van der Waals surface area contributed by atoms with E-state index in [1.54, 1.807) is 26.0 Å². The van der Waals surface area contributed by atoms with Gasteiger partial charge in [0.05, 0.1) is 5.25 Å². The van der Waals surface area contributed by atoms with Gasteiger partial charge in [-0.3, -0.25) is 0 Å². The normalized spacial score (nSPS) is 20.7. The third-order valence-electron chi connectivity index (χ3n) is 5.03. The Kier molecular flexibility index (Phi) is 5.44. The standard InChI is InChI=1S/C20H23F2NO2S/c1-13(2)26(24,25)23-20-5-3-4-18(20)15-8-6-14(7-9-15)17-11-10-16(21)12-19(17)22/h6-13,18,20,23H,3-5H2,1-2H3/t18-,20-/m1/s1. The molecule has 0 amide bonds. The lowest BCUT2D eigenvalue weighted by atomic mass is 9.92. The van der Waals surface area contributed by atoms with E-state index in [2.05, 4.69) is 4.72 Å². The first-order chi connectivity index (χ1) is 12.3. The van der Waals surface area contributed by atoms with Crippen molar-refractivity contribution in [3.05, 3.63) is 59.7 Å². The van der Waals surface area contributed by atoms with E-state index in [9.17, 15) is 17.2 Å². The number of sulfonamides is 1. The van der Waals surface area contributed by atoms with Crippen LogP contribution < -0.4 is 4.72 Å². The lowest BCUT2D eigenvalue weighted by molar-refractivity contribution is 0.519. The fraction of sp³-hybridized carbons (Fsp3) is 0.400. The lowest BCUT2D eigenvalue weighted by Gasteiger charge is -2.23. The van der Waals surface area contributed by atoms with Gasteiger partial charge in [-0.05, 0) is 49.9 Å². The Morgan fingerprint density at radius 2 is 1.73 bits per heavy atom. The molecule has 1 aliphatic carbocycles. The fourth-order valence-electron chi connectivity index (χ4n) is 3.48. The van der Waals surface area contributed by atoms with E-state index >= 15 is 0 Å². The van der Waals surface area contributed by atoms with Crippen LogP contribution in [0.3, 0.4) is 0 Å². The molecule has 0 saturated heterocycles. The van der Waals surface area contributed by atoms with Gasteiger partial charge in [0.2, 0.25) is 10.0 Å². The number of rotatable bonds is 5. The van der Waals surface area contributed by atoms with Gasteiger partial charge in [0.1, 0.15) is 11.6 Å². The number of hydrogen-bond acceptors (Lipinski definition) is 2. The molecule has 0 radical (unpaired) electrons. The van der Waals surface area contributed by atoms with Gasteiger partial charge >= 0.3 is 0 Å². The van der Waals surface area contributed by atoms with Gasteiger partial charge in [-0.1, -0.05) is 30.7 Å². The Labute approximate surface area is 153 Å². The van der Waals surface area contributed by atoms with E-state index < -0.39 is 26.9 Å². The molecule has 2 aromatic rings. The van der Waals surface area contributed by atoms with Crippen molar-refractivity contribution < 1.29 is 17.2 Å². The molecule has 140 valence electrons. The molecule has 0 unspecified atom stereocenters. The van der Waals surface area contributed by atoms with Crippen molar-refractivity contribution in [2.45, 2.75) is 50.3 Å². The highest BCUT2D eigenvalue weighted by atomic mass is 32.2. The Balaban J connectivity index is 1.81. The molecule has 1 aliphatic rings. The first-order valence-electron chi connectivity index (χ1n) is 8.84. The van der Waals surface area contributed by atoms with Gasteiger partial charge in [-0.2, -0.15) is 0 Å². The van der Waals surface area contributed by atoms with Crippen molar-refractivity contribution in [2.75, 3.05) is 0 Å². The van der Waals surface area contributed by atoms with Crippen molar-refractivity contribution in [3.8, 4) is 11.1 Å². The second-order valence-corrected chi connectivity index (χ2v) is 9.37. The molecule has 1 N–H and O–H groups in total. The van der Waals surface area contributed by atoms with Crippen LogP contribution in [0.5, 0.6) is 0 Å². The van der Waals surface area contributed by atoms with Crippen molar-refractivity contribution in [2.24, 2.45) is 0 Å². The molecule has 3 nitrogen and oxygen atoms in total. The van der Waals surface area contributed by atoms with Crippen molar-refractivity contribution in [1.29, 1.82) is 0 Å². The largest absolute Gasteiger partial charge is 0.214 e. The average Bonchev–Trinajstić information content (AvgIpc) is 3.02. The number of nitrogens with one attached hydrogen (secondary N) is 1. The minimum Gasteiger partial charge on any atom is -0.212 e. The van der Waals surface area contributed by atoms with Crippen LogP contribution in [-0.2, 0) is 10.0 Å². The van der Waals surface area contributed by atoms with Crippen LogP contribution in [0.1, 0.15) is 44.6 Å². The summed E-state index contributed by atoms with van der Waals surface area (Å²) in [7, 11) is -3.32. The Hall–Kier alpha value is -1.79. The van der Waals surface area contributed by atoms with Crippen LogP contribution in [0.15, 0.2) is 42.5 Å². The van der Waals surface area contributed by atoms with Crippen molar-refractivity contribution in [3.63, 3.8) is 0 Å². The molecule has 1 fully saturated rings. The molecule has 2 atom stereocenters. The Bertz CT molecular complexity index is 879. The van der Waals surface area contributed by atoms with Gasteiger partial charge in [-0.25, -0.2) is 21.9 Å². The second kappa shape index (κ2) is 7.45. The number of halogens is 2.